The standard InChI is InChI=1S/C12H9N3O5/c16-8-3-1-2-7(6-8)4-5-9-13-11(17)10(15(19)20)12(18)14-9/h1-6,16H,(H2,13,14,17,18)/b5-4+. The van der Waals surface area contributed by atoms with E-state index in [-0.39, 0.29) is 11.6 Å². The van der Waals surface area contributed by atoms with Gasteiger partial charge in [0, 0.05) is 0 Å². The molecule has 0 aliphatic heterocycles. The van der Waals surface area contributed by atoms with Gasteiger partial charge in [0.25, 0.3) is 5.88 Å². The van der Waals surface area contributed by atoms with Gasteiger partial charge in [0.05, 0.1) is 4.92 Å². The van der Waals surface area contributed by atoms with Crippen LogP contribution in [0.5, 0.6) is 11.6 Å². The highest BCUT2D eigenvalue weighted by Crippen LogP contribution is 2.18. The summed E-state index contributed by atoms with van der Waals surface area (Å²) in [7, 11) is 0. The molecule has 8 nitrogen and oxygen atoms in total. The molecular formula is C12H9N3O5. The number of aromatic amines is 1. The minimum absolute atomic E-state index is 0.0403. The van der Waals surface area contributed by atoms with E-state index in [4.69, 9.17) is 0 Å². The number of benzene rings is 1. The lowest BCUT2D eigenvalue weighted by Crippen LogP contribution is -2.14. The summed E-state index contributed by atoms with van der Waals surface area (Å²) < 4.78 is 0. The Hall–Kier alpha value is -3.16. The van der Waals surface area contributed by atoms with Gasteiger partial charge in [-0.25, -0.2) is 0 Å². The van der Waals surface area contributed by atoms with Crippen LogP contribution in [0.15, 0.2) is 29.1 Å². The van der Waals surface area contributed by atoms with Crippen molar-refractivity contribution in [2.75, 3.05) is 0 Å². The zero-order valence-corrected chi connectivity index (χ0v) is 9.98. The summed E-state index contributed by atoms with van der Waals surface area (Å²) in [5.41, 5.74) is -1.41. The van der Waals surface area contributed by atoms with E-state index in [1.807, 2.05) is 0 Å². The first-order chi connectivity index (χ1) is 9.47. The topological polar surface area (TPSA) is 129 Å². The van der Waals surface area contributed by atoms with Gasteiger partial charge in [0.2, 0.25) is 0 Å². The molecule has 1 aromatic heterocycles. The third-order valence-electron chi connectivity index (χ3n) is 2.38. The Morgan fingerprint density at radius 3 is 2.65 bits per heavy atom. The van der Waals surface area contributed by atoms with Gasteiger partial charge in [0.15, 0.2) is 0 Å². The van der Waals surface area contributed by atoms with Gasteiger partial charge >= 0.3 is 11.2 Å². The molecule has 0 amide bonds. The van der Waals surface area contributed by atoms with Crippen LogP contribution in [0, 0.1) is 10.1 Å². The summed E-state index contributed by atoms with van der Waals surface area (Å²) in [5, 5.41) is 29.1. The van der Waals surface area contributed by atoms with Crippen LogP contribution in [0.4, 0.5) is 5.69 Å². The van der Waals surface area contributed by atoms with Crippen LogP contribution in [0.3, 0.4) is 0 Å². The molecule has 1 aromatic carbocycles. The van der Waals surface area contributed by atoms with E-state index in [1.165, 1.54) is 24.3 Å². The van der Waals surface area contributed by atoms with Gasteiger partial charge in [-0.1, -0.05) is 18.2 Å². The highest BCUT2D eigenvalue weighted by Gasteiger charge is 2.21. The number of nitro groups is 1. The molecule has 0 saturated heterocycles. The Kier molecular flexibility index (Phi) is 3.47. The second-order valence-electron chi connectivity index (χ2n) is 3.81. The Labute approximate surface area is 111 Å². The van der Waals surface area contributed by atoms with Crippen molar-refractivity contribution >= 4 is 17.8 Å². The van der Waals surface area contributed by atoms with Crippen molar-refractivity contribution in [1.82, 2.24) is 9.97 Å². The molecule has 0 unspecified atom stereocenters. The van der Waals surface area contributed by atoms with E-state index in [0.717, 1.165) is 0 Å². The molecule has 0 spiro atoms. The van der Waals surface area contributed by atoms with E-state index in [2.05, 4.69) is 9.97 Å². The largest absolute Gasteiger partial charge is 0.508 e. The molecule has 0 bridgehead atoms. The van der Waals surface area contributed by atoms with Crippen LogP contribution >= 0.6 is 0 Å². The van der Waals surface area contributed by atoms with Crippen molar-refractivity contribution in [2.24, 2.45) is 0 Å². The molecule has 1 heterocycles. The fourth-order valence-corrected chi connectivity index (χ4v) is 1.52. The number of nitrogens with one attached hydrogen (secondary N) is 1. The number of aromatic nitrogens is 2. The van der Waals surface area contributed by atoms with Gasteiger partial charge in [-0.2, -0.15) is 4.98 Å². The van der Waals surface area contributed by atoms with Crippen molar-refractivity contribution in [3.05, 3.63) is 56.1 Å². The van der Waals surface area contributed by atoms with Gasteiger partial charge in [-0.15, -0.1) is 0 Å². The number of hydrogen-bond acceptors (Lipinski definition) is 6. The van der Waals surface area contributed by atoms with Gasteiger partial charge in [-0.3, -0.25) is 14.9 Å². The predicted molar refractivity (Wildman–Crippen MR) is 70.2 cm³/mol. The fraction of sp³-hybridized carbons (Fsp3) is 0. The number of aromatic hydroxyl groups is 2. The highest BCUT2D eigenvalue weighted by molar-refractivity contribution is 5.67. The van der Waals surface area contributed by atoms with Crippen LogP contribution in [0.1, 0.15) is 11.4 Å². The lowest BCUT2D eigenvalue weighted by molar-refractivity contribution is -0.387. The molecule has 3 N–H and O–H groups in total. The van der Waals surface area contributed by atoms with Crippen LogP contribution in [0.2, 0.25) is 0 Å². The third-order valence-corrected chi connectivity index (χ3v) is 2.38. The van der Waals surface area contributed by atoms with Gasteiger partial charge < -0.3 is 15.2 Å². The predicted octanol–water partition coefficient (Wildman–Crippen LogP) is 1.26. The SMILES string of the molecule is O=c1[nH]c(/C=C/c2cccc(O)c2)nc(O)c1[N+](=O)[O-]. The summed E-state index contributed by atoms with van der Waals surface area (Å²) in [5.74, 6) is -0.920. The lowest BCUT2D eigenvalue weighted by atomic mass is 10.2. The minimum atomic E-state index is -1.04. The van der Waals surface area contributed by atoms with E-state index < -0.39 is 22.0 Å². The first-order valence-corrected chi connectivity index (χ1v) is 5.42. The molecule has 0 aliphatic carbocycles. The molecular weight excluding hydrogens is 266 g/mol. The summed E-state index contributed by atoms with van der Waals surface area (Å²) in [6.45, 7) is 0. The minimum Gasteiger partial charge on any atom is -0.508 e. The maximum Gasteiger partial charge on any atom is 0.395 e. The quantitative estimate of drug-likeness (QED) is 0.571. The van der Waals surface area contributed by atoms with E-state index >= 15 is 0 Å². The molecule has 0 fully saturated rings. The molecule has 20 heavy (non-hydrogen) atoms. The average Bonchev–Trinajstić information content (AvgIpc) is 2.35. The number of phenolic OH excluding ortho intramolecular Hbond substituents is 1. The maximum atomic E-state index is 11.4. The summed E-state index contributed by atoms with van der Waals surface area (Å²) in [6.07, 6.45) is 2.86. The van der Waals surface area contributed by atoms with E-state index in [1.54, 1.807) is 12.1 Å². The zero-order chi connectivity index (χ0) is 14.7. The van der Waals surface area contributed by atoms with Crippen molar-refractivity contribution in [3.8, 4) is 11.6 Å². The monoisotopic (exact) mass is 275 g/mol. The Morgan fingerprint density at radius 2 is 2.05 bits per heavy atom. The number of hydrogen-bond donors (Lipinski definition) is 3. The van der Waals surface area contributed by atoms with Crippen molar-refractivity contribution < 1.29 is 15.1 Å². The zero-order valence-electron chi connectivity index (χ0n) is 9.98. The summed E-state index contributed by atoms with van der Waals surface area (Å²) in [6, 6.07) is 6.28. The van der Waals surface area contributed by atoms with Crippen molar-refractivity contribution in [1.29, 1.82) is 0 Å². The molecule has 102 valence electrons. The van der Waals surface area contributed by atoms with Crippen LogP contribution < -0.4 is 5.56 Å². The van der Waals surface area contributed by atoms with Gasteiger partial charge in [-0.05, 0) is 23.8 Å². The Balaban J connectivity index is 2.36. The average molecular weight is 275 g/mol. The van der Waals surface area contributed by atoms with Crippen LogP contribution in [-0.2, 0) is 0 Å². The molecule has 2 rings (SSSR count). The van der Waals surface area contributed by atoms with E-state index in [0.29, 0.717) is 5.56 Å². The first kappa shape index (κ1) is 13.3. The smallest absolute Gasteiger partial charge is 0.395 e. The summed E-state index contributed by atoms with van der Waals surface area (Å²) >= 11 is 0. The van der Waals surface area contributed by atoms with Crippen molar-refractivity contribution in [2.45, 2.75) is 0 Å². The Bertz CT molecular complexity index is 751. The molecule has 8 heteroatoms. The fourth-order valence-electron chi connectivity index (χ4n) is 1.52. The second-order valence-corrected chi connectivity index (χ2v) is 3.81. The lowest BCUT2D eigenvalue weighted by Gasteiger charge is -1.97. The second kappa shape index (κ2) is 5.22. The highest BCUT2D eigenvalue weighted by atomic mass is 16.6. The molecule has 0 radical (unpaired) electrons. The third kappa shape index (κ3) is 2.80. The summed E-state index contributed by atoms with van der Waals surface area (Å²) in [4.78, 5) is 26.6. The number of rotatable bonds is 3. The van der Waals surface area contributed by atoms with E-state index in [9.17, 15) is 25.1 Å². The molecule has 2 aromatic rings. The molecule has 0 saturated carbocycles. The normalized spacial score (nSPS) is 10.8. The maximum absolute atomic E-state index is 11.4. The number of phenols is 1. The number of nitrogens with zero attached hydrogens (tertiary/aromatic N) is 2. The van der Waals surface area contributed by atoms with Gasteiger partial charge in [0.1, 0.15) is 11.6 Å². The van der Waals surface area contributed by atoms with Crippen molar-refractivity contribution in [3.63, 3.8) is 0 Å². The molecule has 0 atom stereocenters. The number of H-pyrrole nitrogens is 1. The first-order valence-electron chi connectivity index (χ1n) is 5.42. The van der Waals surface area contributed by atoms with Crippen LogP contribution in [0.25, 0.3) is 12.2 Å². The molecule has 0 aliphatic rings. The Morgan fingerprint density at radius 1 is 1.30 bits per heavy atom. The van der Waals surface area contributed by atoms with Crippen LogP contribution in [-0.4, -0.2) is 25.1 Å².